The highest BCUT2D eigenvalue weighted by Gasteiger charge is 2.35. The molecule has 0 spiro atoms. The molecule has 4 rings (SSSR count). The van der Waals surface area contributed by atoms with Gasteiger partial charge in [-0.05, 0) is 61.1 Å². The van der Waals surface area contributed by atoms with Gasteiger partial charge in [0.2, 0.25) is 0 Å². The summed E-state index contributed by atoms with van der Waals surface area (Å²) < 4.78 is 5.35. The van der Waals surface area contributed by atoms with E-state index < -0.39 is 0 Å². The molecule has 1 N–H and O–H groups in total. The van der Waals surface area contributed by atoms with Gasteiger partial charge >= 0.3 is 6.03 Å². The minimum Gasteiger partial charge on any atom is -0.497 e. The van der Waals surface area contributed by atoms with Crippen molar-refractivity contribution < 1.29 is 9.53 Å². The van der Waals surface area contributed by atoms with Crippen molar-refractivity contribution in [2.45, 2.75) is 46.2 Å². The number of methoxy groups -OCH3 is 1. The van der Waals surface area contributed by atoms with Crippen LogP contribution in [-0.4, -0.2) is 24.6 Å². The topological polar surface area (TPSA) is 41.6 Å². The molecule has 1 aliphatic heterocycles. The minimum absolute atomic E-state index is 0.0175. The number of thiophene rings is 1. The molecule has 0 unspecified atom stereocenters. The van der Waals surface area contributed by atoms with Gasteiger partial charge in [0.15, 0.2) is 0 Å². The highest BCUT2D eigenvalue weighted by atomic mass is 32.1. The van der Waals surface area contributed by atoms with Crippen molar-refractivity contribution in [2.75, 3.05) is 13.7 Å². The fraction of sp³-hybridized carbons (Fsp3) is 0.346. The number of hydrogen-bond acceptors (Lipinski definition) is 3. The molecular weight excluding hydrogens is 404 g/mol. The average Bonchev–Trinajstić information content (AvgIpc) is 3.12. The van der Waals surface area contributed by atoms with E-state index in [1.807, 2.05) is 28.4 Å². The Morgan fingerprint density at radius 1 is 1.13 bits per heavy atom. The van der Waals surface area contributed by atoms with Gasteiger partial charge in [-0.1, -0.05) is 48.9 Å². The Hall–Kier alpha value is -2.79. The Morgan fingerprint density at radius 2 is 1.84 bits per heavy atom. The van der Waals surface area contributed by atoms with Crippen LogP contribution in [-0.2, 0) is 19.4 Å². The van der Waals surface area contributed by atoms with Crippen molar-refractivity contribution >= 4 is 17.4 Å². The predicted molar refractivity (Wildman–Crippen MR) is 127 cm³/mol. The van der Waals surface area contributed by atoms with Gasteiger partial charge in [-0.25, -0.2) is 4.79 Å². The van der Waals surface area contributed by atoms with Gasteiger partial charge in [0.25, 0.3) is 0 Å². The first-order valence-electron chi connectivity index (χ1n) is 10.9. The fourth-order valence-corrected chi connectivity index (χ4v) is 5.87. The third kappa shape index (κ3) is 4.33. The molecule has 0 aliphatic carbocycles. The normalized spacial score (nSPS) is 15.5. The van der Waals surface area contributed by atoms with E-state index in [4.69, 9.17) is 4.74 Å². The molecule has 0 bridgehead atoms. The molecule has 1 aromatic heterocycles. The maximum atomic E-state index is 13.3. The van der Waals surface area contributed by atoms with E-state index in [1.54, 1.807) is 7.11 Å². The van der Waals surface area contributed by atoms with Gasteiger partial charge in [-0.15, -0.1) is 11.3 Å². The zero-order chi connectivity index (χ0) is 22.0. The van der Waals surface area contributed by atoms with Crippen LogP contribution in [0, 0.1) is 13.8 Å². The summed E-state index contributed by atoms with van der Waals surface area (Å²) in [7, 11) is 1.68. The summed E-state index contributed by atoms with van der Waals surface area (Å²) in [5.41, 5.74) is 6.35. The Bertz CT molecular complexity index is 1050. The Labute approximate surface area is 188 Å². The van der Waals surface area contributed by atoms with Crippen LogP contribution in [0.3, 0.4) is 0 Å². The van der Waals surface area contributed by atoms with E-state index in [2.05, 4.69) is 62.5 Å². The molecule has 4 nitrogen and oxygen atoms in total. The van der Waals surface area contributed by atoms with Crippen LogP contribution < -0.4 is 10.1 Å². The van der Waals surface area contributed by atoms with Gasteiger partial charge < -0.3 is 15.0 Å². The van der Waals surface area contributed by atoms with E-state index in [1.165, 1.54) is 26.4 Å². The molecule has 31 heavy (non-hydrogen) atoms. The first-order chi connectivity index (χ1) is 15.0. The first-order valence-corrected chi connectivity index (χ1v) is 11.7. The predicted octanol–water partition coefficient (Wildman–Crippen LogP) is 5.79. The van der Waals surface area contributed by atoms with Crippen molar-refractivity contribution in [2.24, 2.45) is 0 Å². The molecule has 1 atom stereocenters. The van der Waals surface area contributed by atoms with Crippen LogP contribution >= 0.6 is 11.3 Å². The van der Waals surface area contributed by atoms with Crippen LogP contribution in [0.2, 0.25) is 0 Å². The molecule has 5 heteroatoms. The van der Waals surface area contributed by atoms with Gasteiger partial charge in [-0.2, -0.15) is 0 Å². The number of rotatable bonds is 5. The van der Waals surface area contributed by atoms with E-state index in [0.29, 0.717) is 13.1 Å². The SMILES string of the molecule is CCc1c(C)sc2c1CCN(C(=O)NCc1ccc(C)cc1)[C@@H]2c1ccc(OC)cc1. The van der Waals surface area contributed by atoms with Crippen LogP contribution in [0.15, 0.2) is 48.5 Å². The second-order valence-electron chi connectivity index (χ2n) is 8.10. The lowest BCUT2D eigenvalue weighted by molar-refractivity contribution is 0.181. The zero-order valence-corrected chi connectivity index (χ0v) is 19.5. The molecule has 0 fully saturated rings. The first kappa shape index (κ1) is 21.4. The van der Waals surface area contributed by atoms with Crippen LogP contribution in [0.5, 0.6) is 5.75 Å². The second kappa shape index (κ2) is 9.15. The van der Waals surface area contributed by atoms with E-state index in [9.17, 15) is 4.79 Å². The van der Waals surface area contributed by atoms with E-state index in [0.717, 1.165) is 29.7 Å². The summed E-state index contributed by atoms with van der Waals surface area (Å²) in [6, 6.07) is 16.3. The van der Waals surface area contributed by atoms with Crippen molar-refractivity contribution in [3.05, 3.63) is 86.1 Å². The number of amides is 2. The number of hydrogen-bond donors (Lipinski definition) is 1. The minimum atomic E-state index is -0.0725. The molecule has 3 aromatic rings. The number of ether oxygens (including phenoxy) is 1. The van der Waals surface area contributed by atoms with Crippen LogP contribution in [0.25, 0.3) is 0 Å². The van der Waals surface area contributed by atoms with E-state index in [-0.39, 0.29) is 12.1 Å². The number of nitrogens with one attached hydrogen (secondary N) is 1. The van der Waals surface area contributed by atoms with Crippen LogP contribution in [0.1, 0.15) is 50.5 Å². The Morgan fingerprint density at radius 3 is 2.48 bits per heavy atom. The molecule has 1 aliphatic rings. The van der Waals surface area contributed by atoms with Gasteiger partial charge in [-0.3, -0.25) is 0 Å². The summed E-state index contributed by atoms with van der Waals surface area (Å²) in [6.07, 6.45) is 1.94. The lowest BCUT2D eigenvalue weighted by Gasteiger charge is -2.36. The standard InChI is InChI=1S/C26H30N2O2S/c1-5-22-18(3)31-25-23(22)14-15-28(24(25)20-10-12-21(30-4)13-11-20)26(29)27-16-19-8-6-17(2)7-9-19/h6-13,24H,5,14-16H2,1-4H3,(H,27,29)/t24-/m1/s1. The monoisotopic (exact) mass is 434 g/mol. The van der Waals surface area contributed by atoms with Gasteiger partial charge in [0.05, 0.1) is 13.2 Å². The number of fused-ring (bicyclic) bond motifs is 1. The van der Waals surface area contributed by atoms with Crippen LogP contribution in [0.4, 0.5) is 4.79 Å². The highest BCUT2D eigenvalue weighted by molar-refractivity contribution is 7.12. The third-order valence-electron chi connectivity index (χ3n) is 6.12. The Balaban J connectivity index is 1.64. The summed E-state index contributed by atoms with van der Waals surface area (Å²) in [4.78, 5) is 18.0. The summed E-state index contributed by atoms with van der Waals surface area (Å²) in [5, 5.41) is 3.14. The largest absolute Gasteiger partial charge is 0.497 e. The fourth-order valence-electron chi connectivity index (χ4n) is 4.43. The van der Waals surface area contributed by atoms with Crippen molar-refractivity contribution in [3.63, 3.8) is 0 Å². The lowest BCUT2D eigenvalue weighted by Crippen LogP contribution is -2.45. The number of benzene rings is 2. The molecule has 0 saturated carbocycles. The van der Waals surface area contributed by atoms with Gasteiger partial charge in [0, 0.05) is 22.8 Å². The van der Waals surface area contributed by atoms with Crippen molar-refractivity contribution in [1.82, 2.24) is 10.2 Å². The number of nitrogens with zero attached hydrogens (tertiary/aromatic N) is 1. The van der Waals surface area contributed by atoms with Gasteiger partial charge in [0.1, 0.15) is 5.75 Å². The van der Waals surface area contributed by atoms with Crippen molar-refractivity contribution in [3.8, 4) is 5.75 Å². The summed E-state index contributed by atoms with van der Waals surface area (Å²) in [6.45, 7) is 7.74. The maximum absolute atomic E-state index is 13.3. The number of aryl methyl sites for hydroxylation is 2. The summed E-state index contributed by atoms with van der Waals surface area (Å²) in [5.74, 6) is 0.826. The molecule has 2 aromatic carbocycles. The average molecular weight is 435 g/mol. The molecule has 2 heterocycles. The third-order valence-corrected chi connectivity index (χ3v) is 7.36. The zero-order valence-electron chi connectivity index (χ0n) is 18.7. The molecule has 0 radical (unpaired) electrons. The molecule has 162 valence electrons. The molecule has 2 amide bonds. The lowest BCUT2D eigenvalue weighted by atomic mass is 9.92. The highest BCUT2D eigenvalue weighted by Crippen LogP contribution is 2.43. The molecule has 0 saturated heterocycles. The quantitative estimate of drug-likeness (QED) is 0.552. The van der Waals surface area contributed by atoms with E-state index >= 15 is 0 Å². The Kier molecular flexibility index (Phi) is 6.33. The number of carbonyl (C=O) groups is 1. The summed E-state index contributed by atoms with van der Waals surface area (Å²) >= 11 is 1.84. The maximum Gasteiger partial charge on any atom is 0.318 e. The number of carbonyl (C=O) groups excluding carboxylic acids is 1. The smallest absolute Gasteiger partial charge is 0.318 e. The molecular formula is C26H30N2O2S. The van der Waals surface area contributed by atoms with Crippen molar-refractivity contribution in [1.29, 1.82) is 0 Å². The number of urea groups is 1. The second-order valence-corrected chi connectivity index (χ2v) is 9.35.